The number of aryl methyl sites for hydroxylation is 1. The van der Waals surface area contributed by atoms with Crippen LogP contribution in [0.1, 0.15) is 25.8 Å². The molecule has 0 radical (unpaired) electrons. The van der Waals surface area contributed by atoms with E-state index in [-0.39, 0.29) is 18.4 Å². The lowest BCUT2D eigenvalue weighted by Crippen LogP contribution is -2.37. The van der Waals surface area contributed by atoms with Crippen molar-refractivity contribution in [3.63, 3.8) is 0 Å². The van der Waals surface area contributed by atoms with E-state index in [0.717, 1.165) is 18.5 Å². The Morgan fingerprint density at radius 1 is 1.17 bits per heavy atom. The van der Waals surface area contributed by atoms with Gasteiger partial charge in [-0.3, -0.25) is 4.79 Å². The fraction of sp³-hybridized carbons (Fsp3) is 0.364. The van der Waals surface area contributed by atoms with Crippen LogP contribution >= 0.6 is 0 Å². The molecule has 1 heterocycles. The summed E-state index contributed by atoms with van der Waals surface area (Å²) in [4.78, 5) is 18.7. The number of nitrogens with one attached hydrogen (secondary N) is 1. The largest absolute Gasteiger partial charge is 0.494 e. The zero-order chi connectivity index (χ0) is 20.6. The lowest BCUT2D eigenvalue weighted by atomic mass is 10.0. The summed E-state index contributed by atoms with van der Waals surface area (Å²) in [5.41, 5.74) is 8.84. The highest BCUT2D eigenvalue weighted by Gasteiger charge is 2.21. The van der Waals surface area contributed by atoms with E-state index in [0.29, 0.717) is 36.9 Å². The Balaban J connectivity index is 1.69. The van der Waals surface area contributed by atoms with Crippen LogP contribution in [0.15, 0.2) is 47.5 Å². The highest BCUT2D eigenvalue weighted by Crippen LogP contribution is 2.29. The van der Waals surface area contributed by atoms with Gasteiger partial charge in [0.1, 0.15) is 18.0 Å². The number of para-hydroxylation sites is 1. The normalized spacial score (nSPS) is 13.6. The first-order valence-electron chi connectivity index (χ1n) is 9.97. The van der Waals surface area contributed by atoms with Gasteiger partial charge in [-0.25, -0.2) is 4.99 Å². The predicted molar refractivity (Wildman–Crippen MR) is 116 cm³/mol. The van der Waals surface area contributed by atoms with Gasteiger partial charge in [0.2, 0.25) is 5.91 Å². The van der Waals surface area contributed by atoms with E-state index in [1.807, 2.05) is 44.2 Å². The number of fused-ring (bicyclic) bond motifs is 1. The molecule has 3 N–H and O–H groups in total. The molecule has 1 aliphatic rings. The van der Waals surface area contributed by atoms with E-state index >= 15 is 0 Å². The van der Waals surface area contributed by atoms with Crippen molar-refractivity contribution >= 4 is 23.2 Å². The average molecular weight is 396 g/mol. The monoisotopic (exact) mass is 396 g/mol. The molecule has 0 atom stereocenters. The van der Waals surface area contributed by atoms with Crippen molar-refractivity contribution in [1.29, 1.82) is 0 Å². The van der Waals surface area contributed by atoms with Crippen molar-refractivity contribution in [2.45, 2.75) is 26.7 Å². The van der Waals surface area contributed by atoms with Crippen LogP contribution in [0.4, 0.5) is 11.4 Å². The molecule has 2 aromatic carbocycles. The molecule has 1 amide bonds. The summed E-state index contributed by atoms with van der Waals surface area (Å²) in [6.07, 6.45) is 1.94. The van der Waals surface area contributed by atoms with Gasteiger partial charge in [-0.1, -0.05) is 18.2 Å². The molecule has 1 aliphatic heterocycles. The van der Waals surface area contributed by atoms with Crippen LogP contribution in [0.5, 0.6) is 11.5 Å². The van der Waals surface area contributed by atoms with Gasteiger partial charge >= 0.3 is 0 Å². The first-order valence-corrected chi connectivity index (χ1v) is 9.97. The van der Waals surface area contributed by atoms with E-state index in [2.05, 4.69) is 16.4 Å². The number of hydrogen-bond acceptors (Lipinski definition) is 4. The van der Waals surface area contributed by atoms with Gasteiger partial charge in [0.05, 0.1) is 18.9 Å². The van der Waals surface area contributed by atoms with Crippen LogP contribution in [0.3, 0.4) is 0 Å². The fourth-order valence-corrected chi connectivity index (χ4v) is 3.35. The Labute approximate surface area is 171 Å². The van der Waals surface area contributed by atoms with Gasteiger partial charge in [0, 0.05) is 18.3 Å². The molecule has 0 aliphatic carbocycles. The maximum atomic E-state index is 12.7. The van der Waals surface area contributed by atoms with Gasteiger partial charge in [0.25, 0.3) is 0 Å². The van der Waals surface area contributed by atoms with Crippen LogP contribution in [-0.2, 0) is 11.2 Å². The number of hydrogen-bond donors (Lipinski definition) is 2. The first-order chi connectivity index (χ1) is 14.1. The Morgan fingerprint density at radius 2 is 1.97 bits per heavy atom. The number of nitrogens with two attached hydrogens (primary N) is 1. The third-order valence-corrected chi connectivity index (χ3v) is 4.62. The van der Waals surface area contributed by atoms with Crippen LogP contribution < -0.4 is 25.4 Å². The van der Waals surface area contributed by atoms with Crippen LogP contribution in [0, 0.1) is 0 Å². The molecular weight excluding hydrogens is 368 g/mol. The number of aliphatic imine (C=N–C) groups is 1. The quantitative estimate of drug-likeness (QED) is 0.554. The van der Waals surface area contributed by atoms with Gasteiger partial charge < -0.3 is 25.4 Å². The third-order valence-electron chi connectivity index (χ3n) is 4.62. The minimum Gasteiger partial charge on any atom is -0.494 e. The Kier molecular flexibility index (Phi) is 6.94. The number of nitrogens with zero attached hydrogens (tertiary/aromatic N) is 2. The van der Waals surface area contributed by atoms with Crippen molar-refractivity contribution in [2.75, 3.05) is 36.5 Å². The summed E-state index contributed by atoms with van der Waals surface area (Å²) in [5.74, 6) is 1.42. The van der Waals surface area contributed by atoms with Crippen molar-refractivity contribution in [3.05, 3.63) is 48.0 Å². The SMILES string of the molecule is CCOc1ccc(OCC)c(NC(N)=NCC(=O)N2CCCc3ccccc32)c1. The number of carbonyl (C=O) groups excluding carboxylic acids is 1. The van der Waals surface area contributed by atoms with Crippen molar-refractivity contribution in [3.8, 4) is 11.5 Å². The van der Waals surface area contributed by atoms with Crippen molar-refractivity contribution < 1.29 is 14.3 Å². The molecule has 3 rings (SSSR count). The Bertz CT molecular complexity index is 882. The van der Waals surface area contributed by atoms with Crippen molar-refractivity contribution in [2.24, 2.45) is 10.7 Å². The summed E-state index contributed by atoms with van der Waals surface area (Å²) in [7, 11) is 0. The summed E-state index contributed by atoms with van der Waals surface area (Å²) < 4.78 is 11.2. The molecule has 29 heavy (non-hydrogen) atoms. The smallest absolute Gasteiger partial charge is 0.248 e. The summed E-state index contributed by atoms with van der Waals surface area (Å²) in [6.45, 7) is 5.58. The Hall–Kier alpha value is -3.22. The number of guanidine groups is 1. The number of rotatable bonds is 7. The molecule has 0 bridgehead atoms. The zero-order valence-corrected chi connectivity index (χ0v) is 17.0. The van der Waals surface area contributed by atoms with E-state index in [4.69, 9.17) is 15.2 Å². The van der Waals surface area contributed by atoms with Crippen LogP contribution in [0.2, 0.25) is 0 Å². The molecule has 0 aromatic heterocycles. The molecular formula is C22H28N4O3. The van der Waals surface area contributed by atoms with E-state index in [9.17, 15) is 4.79 Å². The fourth-order valence-electron chi connectivity index (χ4n) is 3.35. The minimum absolute atomic E-state index is 0.0255. The van der Waals surface area contributed by atoms with Gasteiger partial charge in [-0.15, -0.1) is 0 Å². The second-order valence-electron chi connectivity index (χ2n) is 6.63. The van der Waals surface area contributed by atoms with Crippen LogP contribution in [0.25, 0.3) is 0 Å². The third kappa shape index (κ3) is 5.19. The lowest BCUT2D eigenvalue weighted by Gasteiger charge is -2.29. The maximum Gasteiger partial charge on any atom is 0.248 e. The van der Waals surface area contributed by atoms with E-state index in [1.165, 1.54) is 5.56 Å². The second kappa shape index (κ2) is 9.82. The second-order valence-corrected chi connectivity index (χ2v) is 6.63. The molecule has 0 saturated heterocycles. The molecule has 0 saturated carbocycles. The summed E-state index contributed by atoms with van der Waals surface area (Å²) in [5, 5.41) is 3.02. The van der Waals surface area contributed by atoms with Crippen molar-refractivity contribution in [1.82, 2.24) is 0 Å². The lowest BCUT2D eigenvalue weighted by molar-refractivity contribution is -0.117. The number of amides is 1. The first kappa shape index (κ1) is 20.5. The topological polar surface area (TPSA) is 89.2 Å². The summed E-state index contributed by atoms with van der Waals surface area (Å²) in [6, 6.07) is 13.5. The Morgan fingerprint density at radius 3 is 2.76 bits per heavy atom. The zero-order valence-electron chi connectivity index (χ0n) is 17.0. The number of benzene rings is 2. The van der Waals surface area contributed by atoms with Gasteiger partial charge in [-0.2, -0.15) is 0 Å². The molecule has 7 heteroatoms. The average Bonchev–Trinajstić information content (AvgIpc) is 2.74. The molecule has 0 spiro atoms. The molecule has 7 nitrogen and oxygen atoms in total. The molecule has 154 valence electrons. The minimum atomic E-state index is -0.0741. The number of ether oxygens (including phenoxy) is 2. The standard InChI is InChI=1S/C22H28N4O3/c1-3-28-17-11-12-20(29-4-2)18(14-17)25-22(23)24-15-21(27)26-13-7-9-16-8-5-6-10-19(16)26/h5-6,8,10-12,14H,3-4,7,9,13,15H2,1-2H3,(H3,23,24,25). The van der Waals surface area contributed by atoms with Gasteiger partial charge in [-0.05, 0) is 50.5 Å². The molecule has 2 aromatic rings. The summed E-state index contributed by atoms with van der Waals surface area (Å²) >= 11 is 0. The van der Waals surface area contributed by atoms with Crippen LogP contribution in [-0.4, -0.2) is 38.2 Å². The van der Waals surface area contributed by atoms with Gasteiger partial charge in [0.15, 0.2) is 5.96 Å². The number of carbonyl (C=O) groups is 1. The molecule has 0 fully saturated rings. The van der Waals surface area contributed by atoms with E-state index < -0.39 is 0 Å². The highest BCUT2D eigenvalue weighted by molar-refractivity contribution is 5.99. The number of anilines is 2. The maximum absolute atomic E-state index is 12.7. The highest BCUT2D eigenvalue weighted by atomic mass is 16.5. The van der Waals surface area contributed by atoms with E-state index in [1.54, 1.807) is 11.0 Å². The molecule has 0 unspecified atom stereocenters. The predicted octanol–water partition coefficient (Wildman–Crippen LogP) is 3.19.